The zero-order valence-corrected chi connectivity index (χ0v) is 37.1. The van der Waals surface area contributed by atoms with Gasteiger partial charge in [0.1, 0.15) is 6.61 Å². The predicted octanol–water partition coefficient (Wildman–Crippen LogP) is 15.8. The molecular formula is C51H90O5. The number of ether oxygens (including phenoxy) is 3. The molecule has 0 heterocycles. The Hall–Kier alpha value is -2.40. The second kappa shape index (κ2) is 47.0. The molecule has 0 fully saturated rings. The molecule has 0 spiro atoms. The van der Waals surface area contributed by atoms with E-state index in [1.165, 1.54) is 116 Å². The lowest BCUT2D eigenvalue weighted by molar-refractivity contribution is -0.163. The van der Waals surface area contributed by atoms with Gasteiger partial charge in [0.15, 0.2) is 6.10 Å². The van der Waals surface area contributed by atoms with Gasteiger partial charge in [-0.15, -0.1) is 0 Å². The zero-order chi connectivity index (χ0) is 40.7. The van der Waals surface area contributed by atoms with Crippen LogP contribution in [-0.2, 0) is 23.8 Å². The van der Waals surface area contributed by atoms with E-state index in [4.69, 9.17) is 14.2 Å². The maximum absolute atomic E-state index is 12.7. The van der Waals surface area contributed by atoms with Crippen molar-refractivity contribution in [1.82, 2.24) is 0 Å². The number of esters is 2. The van der Waals surface area contributed by atoms with Crippen LogP contribution >= 0.6 is 0 Å². The Balaban J connectivity index is 4.35. The molecule has 0 aliphatic rings. The summed E-state index contributed by atoms with van der Waals surface area (Å²) in [5.74, 6) is -0.434. The Labute approximate surface area is 347 Å². The lowest BCUT2D eigenvalue weighted by Crippen LogP contribution is -2.30. The fourth-order valence-electron chi connectivity index (χ4n) is 6.51. The average Bonchev–Trinajstić information content (AvgIpc) is 3.20. The zero-order valence-electron chi connectivity index (χ0n) is 37.1. The summed E-state index contributed by atoms with van der Waals surface area (Å²) in [5, 5.41) is 0. The topological polar surface area (TPSA) is 61.8 Å². The van der Waals surface area contributed by atoms with Gasteiger partial charge in [-0.2, -0.15) is 0 Å². The van der Waals surface area contributed by atoms with Crippen LogP contribution in [0.25, 0.3) is 0 Å². The molecule has 0 saturated carbocycles. The van der Waals surface area contributed by atoms with Gasteiger partial charge in [0.25, 0.3) is 0 Å². The van der Waals surface area contributed by atoms with E-state index in [9.17, 15) is 9.59 Å². The lowest BCUT2D eigenvalue weighted by atomic mass is 10.0. The summed E-state index contributed by atoms with van der Waals surface area (Å²) in [4.78, 5) is 25.3. The summed E-state index contributed by atoms with van der Waals surface area (Å²) >= 11 is 0. The highest BCUT2D eigenvalue weighted by Gasteiger charge is 2.17. The van der Waals surface area contributed by atoms with Gasteiger partial charge in [-0.05, 0) is 77.0 Å². The van der Waals surface area contributed by atoms with Crippen molar-refractivity contribution in [3.05, 3.63) is 60.8 Å². The first-order chi connectivity index (χ1) is 27.6. The first kappa shape index (κ1) is 53.6. The summed E-state index contributed by atoms with van der Waals surface area (Å²) in [6.45, 7) is 7.56. The number of carbonyl (C=O) groups excluding carboxylic acids is 2. The van der Waals surface area contributed by atoms with Gasteiger partial charge in [0.05, 0.1) is 6.61 Å². The molecule has 1 atom stereocenters. The molecule has 0 bridgehead atoms. The van der Waals surface area contributed by atoms with Crippen LogP contribution in [0.5, 0.6) is 0 Å². The van der Waals surface area contributed by atoms with Crippen LogP contribution in [0.4, 0.5) is 0 Å². The number of hydrogen-bond acceptors (Lipinski definition) is 5. The van der Waals surface area contributed by atoms with Crippen molar-refractivity contribution in [2.75, 3.05) is 19.8 Å². The lowest BCUT2D eigenvalue weighted by Gasteiger charge is -2.18. The Morgan fingerprint density at radius 3 is 1.32 bits per heavy atom. The highest BCUT2D eigenvalue weighted by molar-refractivity contribution is 5.70. The van der Waals surface area contributed by atoms with Crippen molar-refractivity contribution in [2.24, 2.45) is 0 Å². The molecule has 0 aliphatic carbocycles. The van der Waals surface area contributed by atoms with E-state index in [-0.39, 0.29) is 25.2 Å². The molecule has 0 saturated heterocycles. The van der Waals surface area contributed by atoms with Crippen LogP contribution in [0.3, 0.4) is 0 Å². The van der Waals surface area contributed by atoms with Crippen LogP contribution in [0.15, 0.2) is 60.8 Å². The third-order valence-corrected chi connectivity index (χ3v) is 10.0. The molecule has 5 nitrogen and oxygen atoms in total. The van der Waals surface area contributed by atoms with Gasteiger partial charge in [-0.25, -0.2) is 0 Å². The first-order valence-corrected chi connectivity index (χ1v) is 23.8. The Morgan fingerprint density at radius 2 is 0.804 bits per heavy atom. The minimum Gasteiger partial charge on any atom is -0.462 e. The summed E-state index contributed by atoms with van der Waals surface area (Å²) in [6, 6.07) is 0. The number of rotatable bonds is 43. The number of carbonyl (C=O) groups is 2. The standard InChI is InChI=1S/C51H90O5/c1-4-7-10-13-16-19-22-25-28-31-34-37-40-43-46-54-47-49(56-51(53)45-42-39-36-33-30-27-24-21-18-15-12-9-6-3)48-55-50(52)44-41-38-35-32-29-26-23-20-17-14-11-8-5-2/h7,10,16,19-20,23,25,28,34,37,49H,4-6,8-9,11-15,17-18,21-22,24,26-27,29-33,35-36,38-48H2,1-3H3/b10-7-,19-16-,23-20-,28-25-,37-34-. The van der Waals surface area contributed by atoms with Crippen molar-refractivity contribution >= 4 is 11.9 Å². The molecule has 0 rings (SSSR count). The molecular weight excluding hydrogens is 693 g/mol. The van der Waals surface area contributed by atoms with Crippen molar-refractivity contribution in [3.8, 4) is 0 Å². The molecule has 5 heteroatoms. The minimum absolute atomic E-state index is 0.0603. The molecule has 0 aromatic rings. The van der Waals surface area contributed by atoms with Crippen LogP contribution in [0.1, 0.15) is 226 Å². The maximum Gasteiger partial charge on any atom is 0.306 e. The number of allylic oxidation sites excluding steroid dienone is 10. The largest absolute Gasteiger partial charge is 0.462 e. The minimum atomic E-state index is -0.564. The Morgan fingerprint density at radius 1 is 0.411 bits per heavy atom. The highest BCUT2D eigenvalue weighted by atomic mass is 16.6. The molecule has 324 valence electrons. The predicted molar refractivity (Wildman–Crippen MR) is 242 cm³/mol. The smallest absolute Gasteiger partial charge is 0.306 e. The van der Waals surface area contributed by atoms with E-state index in [1.54, 1.807) is 0 Å². The van der Waals surface area contributed by atoms with Crippen LogP contribution < -0.4 is 0 Å². The monoisotopic (exact) mass is 783 g/mol. The van der Waals surface area contributed by atoms with Gasteiger partial charge in [-0.1, -0.05) is 197 Å². The number of unbranched alkanes of at least 4 members (excludes halogenated alkanes) is 22. The molecule has 56 heavy (non-hydrogen) atoms. The van der Waals surface area contributed by atoms with Crippen molar-refractivity contribution in [1.29, 1.82) is 0 Å². The maximum atomic E-state index is 12.7. The Bertz CT molecular complexity index is 977. The van der Waals surface area contributed by atoms with Gasteiger partial charge >= 0.3 is 11.9 Å². The summed E-state index contributed by atoms with van der Waals surface area (Å²) in [6.07, 6.45) is 58.0. The number of hydrogen-bond donors (Lipinski definition) is 0. The molecule has 1 unspecified atom stereocenters. The second-order valence-corrected chi connectivity index (χ2v) is 15.6. The molecule has 0 amide bonds. The average molecular weight is 783 g/mol. The molecule has 0 aromatic heterocycles. The third-order valence-electron chi connectivity index (χ3n) is 10.0. The van der Waals surface area contributed by atoms with Gasteiger partial charge in [0, 0.05) is 19.4 Å². The van der Waals surface area contributed by atoms with Crippen molar-refractivity contribution < 1.29 is 23.8 Å². The van der Waals surface area contributed by atoms with Gasteiger partial charge in [-0.3, -0.25) is 9.59 Å². The third kappa shape index (κ3) is 44.3. The molecule has 0 radical (unpaired) electrons. The van der Waals surface area contributed by atoms with E-state index in [1.807, 2.05) is 0 Å². The van der Waals surface area contributed by atoms with E-state index in [2.05, 4.69) is 81.5 Å². The summed E-state index contributed by atoms with van der Waals surface area (Å²) < 4.78 is 17.3. The van der Waals surface area contributed by atoms with E-state index in [0.29, 0.717) is 19.4 Å². The van der Waals surface area contributed by atoms with Gasteiger partial charge in [0.2, 0.25) is 0 Å². The van der Waals surface area contributed by atoms with Crippen LogP contribution in [0.2, 0.25) is 0 Å². The molecule has 0 aromatic carbocycles. The van der Waals surface area contributed by atoms with Gasteiger partial charge < -0.3 is 14.2 Å². The fraction of sp³-hybridized carbons (Fsp3) is 0.765. The van der Waals surface area contributed by atoms with Crippen molar-refractivity contribution in [2.45, 2.75) is 232 Å². The molecule has 0 aliphatic heterocycles. The SMILES string of the molecule is CC/C=C\C/C=C\C/C=C\C/C=C\CCCOCC(COC(=O)CCCCCCC/C=C\CCCCCC)OC(=O)CCCCCCCCCCCCCCC. The quantitative estimate of drug-likeness (QED) is 0.0350. The normalized spacial score (nSPS) is 12.7. The van der Waals surface area contributed by atoms with Crippen molar-refractivity contribution in [3.63, 3.8) is 0 Å². The van der Waals surface area contributed by atoms with E-state index >= 15 is 0 Å². The first-order valence-electron chi connectivity index (χ1n) is 23.8. The molecule has 0 N–H and O–H groups in total. The second-order valence-electron chi connectivity index (χ2n) is 15.6. The van der Waals surface area contributed by atoms with E-state index < -0.39 is 6.10 Å². The highest BCUT2D eigenvalue weighted by Crippen LogP contribution is 2.14. The summed E-state index contributed by atoms with van der Waals surface area (Å²) in [5.41, 5.74) is 0. The van der Waals surface area contributed by atoms with Crippen LogP contribution in [-0.4, -0.2) is 37.9 Å². The Kier molecular flexibility index (Phi) is 45.0. The van der Waals surface area contributed by atoms with E-state index in [0.717, 1.165) is 77.0 Å². The fourth-order valence-corrected chi connectivity index (χ4v) is 6.51. The summed E-state index contributed by atoms with van der Waals surface area (Å²) in [7, 11) is 0. The van der Waals surface area contributed by atoms with Crippen LogP contribution in [0, 0.1) is 0 Å².